The van der Waals surface area contributed by atoms with E-state index in [1.165, 1.54) is 0 Å². The highest BCUT2D eigenvalue weighted by Gasteiger charge is 2.19. The third kappa shape index (κ3) is 4.21. The van der Waals surface area contributed by atoms with Crippen molar-refractivity contribution in [3.8, 4) is 5.75 Å². The molecule has 2 N–H and O–H groups in total. The molecule has 1 heterocycles. The molecule has 110 valence electrons. The van der Waals surface area contributed by atoms with E-state index < -0.39 is 6.10 Å². The normalized spacial score (nSPS) is 17.6. The van der Waals surface area contributed by atoms with Gasteiger partial charge in [0.15, 0.2) is 0 Å². The van der Waals surface area contributed by atoms with Crippen LogP contribution in [0.25, 0.3) is 0 Å². The van der Waals surface area contributed by atoms with E-state index in [2.05, 4.69) is 5.32 Å². The molecule has 0 aromatic heterocycles. The molecule has 0 aliphatic carbocycles. The van der Waals surface area contributed by atoms with Gasteiger partial charge in [-0.15, -0.1) is 0 Å². The first-order valence-corrected chi connectivity index (χ1v) is 6.92. The summed E-state index contributed by atoms with van der Waals surface area (Å²) in [5.74, 6) is 0.819. The Kier molecular flexibility index (Phi) is 4.98. The fraction of sp³-hybridized carbons (Fsp3) is 0.533. The fourth-order valence-corrected chi connectivity index (χ4v) is 2.25. The predicted molar refractivity (Wildman–Crippen MR) is 76.9 cm³/mol. The molecule has 1 atom stereocenters. The van der Waals surface area contributed by atoms with E-state index in [0.29, 0.717) is 19.6 Å². The van der Waals surface area contributed by atoms with Crippen LogP contribution in [0.1, 0.15) is 11.1 Å². The number of carbonyl (C=O) groups excluding carboxylic acids is 1. The monoisotopic (exact) mass is 278 g/mol. The van der Waals surface area contributed by atoms with E-state index in [9.17, 15) is 9.90 Å². The smallest absolute Gasteiger partial charge is 0.234 e. The molecule has 1 aliphatic heterocycles. The van der Waals surface area contributed by atoms with Crippen LogP contribution in [0.3, 0.4) is 0 Å². The molecule has 5 nitrogen and oxygen atoms in total. The standard InChI is InChI=1S/C15H22N2O3/c1-11-3-4-12(2)14(7-11)20-10-13(18)8-17-6-5-16-15(19)9-17/h3-4,7,13,18H,5-6,8-10H2,1-2H3,(H,16,19)/t13-/m1/s1. The second-order valence-corrected chi connectivity index (χ2v) is 5.32. The third-order valence-corrected chi connectivity index (χ3v) is 3.36. The molecule has 0 bridgehead atoms. The fourth-order valence-electron chi connectivity index (χ4n) is 2.25. The molecule has 1 aliphatic rings. The summed E-state index contributed by atoms with van der Waals surface area (Å²) in [6.45, 7) is 6.45. The van der Waals surface area contributed by atoms with E-state index in [4.69, 9.17) is 4.74 Å². The zero-order valence-electron chi connectivity index (χ0n) is 12.1. The summed E-state index contributed by atoms with van der Waals surface area (Å²) in [5.41, 5.74) is 2.19. The zero-order chi connectivity index (χ0) is 14.5. The number of aliphatic hydroxyl groups excluding tert-OH is 1. The van der Waals surface area contributed by atoms with Gasteiger partial charge in [0.05, 0.1) is 6.54 Å². The average Bonchev–Trinajstić information content (AvgIpc) is 2.40. The lowest BCUT2D eigenvalue weighted by Crippen LogP contribution is -2.50. The highest BCUT2D eigenvalue weighted by atomic mass is 16.5. The molecule has 0 radical (unpaired) electrons. The summed E-state index contributed by atoms with van der Waals surface area (Å²) in [5, 5.41) is 12.8. The van der Waals surface area contributed by atoms with Gasteiger partial charge in [-0.2, -0.15) is 0 Å². The molecule has 5 heteroatoms. The lowest BCUT2D eigenvalue weighted by atomic mass is 10.1. The van der Waals surface area contributed by atoms with Gasteiger partial charge in [-0.1, -0.05) is 12.1 Å². The van der Waals surface area contributed by atoms with Crippen molar-refractivity contribution < 1.29 is 14.6 Å². The number of piperazine rings is 1. The summed E-state index contributed by atoms with van der Waals surface area (Å²) >= 11 is 0. The minimum atomic E-state index is -0.596. The van der Waals surface area contributed by atoms with Gasteiger partial charge < -0.3 is 15.2 Å². The molecule has 1 aromatic rings. The van der Waals surface area contributed by atoms with Gasteiger partial charge in [0.25, 0.3) is 0 Å². The topological polar surface area (TPSA) is 61.8 Å². The quantitative estimate of drug-likeness (QED) is 0.822. The minimum Gasteiger partial charge on any atom is -0.491 e. The second kappa shape index (κ2) is 6.72. The van der Waals surface area contributed by atoms with E-state index in [1.54, 1.807) is 0 Å². The van der Waals surface area contributed by atoms with Crippen LogP contribution in [0.5, 0.6) is 5.75 Å². The molecular formula is C15H22N2O3. The van der Waals surface area contributed by atoms with E-state index in [1.807, 2.05) is 36.9 Å². The molecule has 0 spiro atoms. The van der Waals surface area contributed by atoms with Crippen LogP contribution in [-0.4, -0.2) is 54.8 Å². The van der Waals surface area contributed by atoms with E-state index in [0.717, 1.165) is 23.4 Å². The first kappa shape index (κ1) is 14.8. The number of benzene rings is 1. The molecular weight excluding hydrogens is 256 g/mol. The van der Waals surface area contributed by atoms with Crippen molar-refractivity contribution in [2.24, 2.45) is 0 Å². The average molecular weight is 278 g/mol. The molecule has 20 heavy (non-hydrogen) atoms. The van der Waals surface area contributed by atoms with Crippen LogP contribution >= 0.6 is 0 Å². The van der Waals surface area contributed by atoms with Crippen LogP contribution in [0.2, 0.25) is 0 Å². The highest BCUT2D eigenvalue weighted by Crippen LogP contribution is 2.19. The van der Waals surface area contributed by atoms with Crippen molar-refractivity contribution in [1.82, 2.24) is 10.2 Å². The number of hydrogen-bond acceptors (Lipinski definition) is 4. The number of amides is 1. The van der Waals surface area contributed by atoms with Gasteiger partial charge in [0.2, 0.25) is 5.91 Å². The summed E-state index contributed by atoms with van der Waals surface area (Å²) in [4.78, 5) is 13.2. The van der Waals surface area contributed by atoms with Gasteiger partial charge in [0, 0.05) is 19.6 Å². The Morgan fingerprint density at radius 3 is 3.00 bits per heavy atom. The maximum atomic E-state index is 11.3. The van der Waals surface area contributed by atoms with Crippen molar-refractivity contribution in [3.05, 3.63) is 29.3 Å². The maximum Gasteiger partial charge on any atom is 0.234 e. The Hall–Kier alpha value is -1.59. The van der Waals surface area contributed by atoms with Gasteiger partial charge in [0.1, 0.15) is 18.5 Å². The molecule has 1 fully saturated rings. The van der Waals surface area contributed by atoms with Crippen molar-refractivity contribution in [2.75, 3.05) is 32.8 Å². The summed E-state index contributed by atoms with van der Waals surface area (Å²) < 4.78 is 5.67. The number of nitrogens with one attached hydrogen (secondary N) is 1. The second-order valence-electron chi connectivity index (χ2n) is 5.32. The predicted octanol–water partition coefficient (Wildman–Crippen LogP) is 0.475. The Labute approximate surface area is 119 Å². The number of carbonyl (C=O) groups is 1. The number of nitrogens with zero attached hydrogens (tertiary/aromatic N) is 1. The molecule has 1 aromatic carbocycles. The van der Waals surface area contributed by atoms with Crippen LogP contribution in [0.4, 0.5) is 0 Å². The minimum absolute atomic E-state index is 0.0129. The first-order chi connectivity index (χ1) is 9.54. The van der Waals surface area contributed by atoms with Crippen molar-refractivity contribution in [3.63, 3.8) is 0 Å². The van der Waals surface area contributed by atoms with Crippen molar-refractivity contribution in [1.29, 1.82) is 0 Å². The maximum absolute atomic E-state index is 11.3. The number of β-amino-alcohol motifs (C(OH)–C–C–N with tert-alkyl or cyclic N) is 1. The summed E-state index contributed by atoms with van der Waals surface area (Å²) in [6, 6.07) is 6.01. The molecule has 2 rings (SSSR count). The summed E-state index contributed by atoms with van der Waals surface area (Å²) in [7, 11) is 0. The van der Waals surface area contributed by atoms with Crippen molar-refractivity contribution in [2.45, 2.75) is 20.0 Å². The van der Waals surface area contributed by atoms with Crippen molar-refractivity contribution >= 4 is 5.91 Å². The first-order valence-electron chi connectivity index (χ1n) is 6.92. The Bertz CT molecular complexity index is 476. The molecule has 0 saturated carbocycles. The lowest BCUT2D eigenvalue weighted by molar-refractivity contribution is -0.124. The van der Waals surface area contributed by atoms with Crippen LogP contribution in [0.15, 0.2) is 18.2 Å². The Morgan fingerprint density at radius 2 is 2.25 bits per heavy atom. The Morgan fingerprint density at radius 1 is 1.45 bits per heavy atom. The van der Waals surface area contributed by atoms with Crippen LogP contribution < -0.4 is 10.1 Å². The van der Waals surface area contributed by atoms with Gasteiger partial charge >= 0.3 is 0 Å². The van der Waals surface area contributed by atoms with E-state index in [-0.39, 0.29) is 12.5 Å². The number of hydrogen-bond donors (Lipinski definition) is 2. The zero-order valence-corrected chi connectivity index (χ0v) is 12.1. The van der Waals surface area contributed by atoms with Crippen LogP contribution in [0, 0.1) is 13.8 Å². The third-order valence-electron chi connectivity index (χ3n) is 3.36. The summed E-state index contributed by atoms with van der Waals surface area (Å²) in [6.07, 6.45) is -0.596. The van der Waals surface area contributed by atoms with E-state index >= 15 is 0 Å². The number of ether oxygens (including phenoxy) is 1. The van der Waals surface area contributed by atoms with Gasteiger partial charge in [-0.3, -0.25) is 9.69 Å². The molecule has 1 amide bonds. The molecule has 1 saturated heterocycles. The highest BCUT2D eigenvalue weighted by molar-refractivity contribution is 5.78. The number of rotatable bonds is 5. The SMILES string of the molecule is Cc1ccc(C)c(OC[C@H](O)CN2CCNC(=O)C2)c1. The Balaban J connectivity index is 1.81. The number of aryl methyl sites for hydroxylation is 2. The van der Waals surface area contributed by atoms with Gasteiger partial charge in [-0.05, 0) is 31.0 Å². The lowest BCUT2D eigenvalue weighted by Gasteiger charge is -2.28. The molecule has 0 unspecified atom stereocenters. The largest absolute Gasteiger partial charge is 0.491 e. The van der Waals surface area contributed by atoms with Gasteiger partial charge in [-0.25, -0.2) is 0 Å². The van der Waals surface area contributed by atoms with Crippen LogP contribution in [-0.2, 0) is 4.79 Å². The number of aliphatic hydroxyl groups is 1.